The summed E-state index contributed by atoms with van der Waals surface area (Å²) in [7, 11) is 0. The maximum Gasteiger partial charge on any atom is 0.124 e. The second-order valence-corrected chi connectivity index (χ2v) is 0.911. The highest BCUT2D eigenvalue weighted by atomic mass is 14.7. The summed E-state index contributed by atoms with van der Waals surface area (Å²) in [6.45, 7) is 9.69. The van der Waals surface area contributed by atoms with Crippen molar-refractivity contribution >= 4 is 0 Å². The van der Waals surface area contributed by atoms with Gasteiger partial charge in [0.25, 0.3) is 0 Å². The van der Waals surface area contributed by atoms with Crippen molar-refractivity contribution in [1.29, 1.82) is 0 Å². The highest BCUT2D eigenvalue weighted by Crippen LogP contribution is 1.80. The molecule has 2 nitrogen and oxygen atoms in total. The SMILES string of the molecule is [CH+]=C(N)C(=[CH-])N. The zero-order valence-corrected chi connectivity index (χ0v) is 3.31. The summed E-state index contributed by atoms with van der Waals surface area (Å²) in [5, 5.41) is 0. The Labute approximate surface area is 37.1 Å². The molecule has 0 aliphatic rings. The van der Waals surface area contributed by atoms with Crippen LogP contribution >= 0.6 is 0 Å². The second-order valence-electron chi connectivity index (χ2n) is 0.911. The molecule has 0 atom stereocenters. The average molecular weight is 82.1 g/mol. The van der Waals surface area contributed by atoms with Gasteiger partial charge in [-0.25, -0.2) is 0 Å². The Morgan fingerprint density at radius 2 is 1.67 bits per heavy atom. The first-order chi connectivity index (χ1) is 2.64. The van der Waals surface area contributed by atoms with Crippen LogP contribution in [0.5, 0.6) is 0 Å². The quantitative estimate of drug-likeness (QED) is 0.332. The molecule has 0 aliphatic heterocycles. The van der Waals surface area contributed by atoms with E-state index in [0.717, 1.165) is 0 Å². The van der Waals surface area contributed by atoms with E-state index >= 15 is 0 Å². The number of hydrogen-bond acceptors (Lipinski definition) is 2. The molecule has 0 rings (SSSR count). The molecule has 0 heterocycles. The van der Waals surface area contributed by atoms with E-state index in [9.17, 15) is 0 Å². The minimum absolute atomic E-state index is 0.0185. The largest absolute Gasteiger partial charge is 0.433 e. The van der Waals surface area contributed by atoms with Crippen molar-refractivity contribution in [3.8, 4) is 0 Å². The molecule has 0 fully saturated rings. The fourth-order valence-corrected chi connectivity index (χ4v) is 0. The van der Waals surface area contributed by atoms with Crippen LogP contribution in [0, 0.1) is 13.2 Å². The molecule has 0 bridgehead atoms. The number of hydrogen-bond donors (Lipinski definition) is 2. The second kappa shape index (κ2) is 1.43. The Morgan fingerprint density at radius 3 is 1.67 bits per heavy atom. The van der Waals surface area contributed by atoms with Crippen LogP contribution in [0.3, 0.4) is 0 Å². The molecule has 0 aromatic rings. The summed E-state index contributed by atoms with van der Waals surface area (Å²) in [5.74, 6) is 0. The Morgan fingerprint density at radius 1 is 1.50 bits per heavy atom. The molecular formula is C4H6N2. The Balaban J connectivity index is 3.57. The zero-order valence-electron chi connectivity index (χ0n) is 3.31. The van der Waals surface area contributed by atoms with Crippen LogP contribution in [0.2, 0.25) is 0 Å². The van der Waals surface area contributed by atoms with Crippen LogP contribution in [-0.4, -0.2) is 0 Å². The van der Waals surface area contributed by atoms with Crippen LogP contribution in [0.1, 0.15) is 0 Å². The van der Waals surface area contributed by atoms with E-state index < -0.39 is 0 Å². The summed E-state index contributed by atoms with van der Waals surface area (Å²) in [6.07, 6.45) is 0. The summed E-state index contributed by atoms with van der Waals surface area (Å²) in [5.41, 5.74) is 9.65. The van der Waals surface area contributed by atoms with Gasteiger partial charge in [-0.3, -0.25) is 0 Å². The third-order valence-electron chi connectivity index (χ3n) is 0.333. The fourth-order valence-electron chi connectivity index (χ4n) is 0. The van der Waals surface area contributed by atoms with Crippen molar-refractivity contribution < 1.29 is 0 Å². The van der Waals surface area contributed by atoms with Gasteiger partial charge in [0, 0.05) is 5.70 Å². The molecule has 0 amide bonds. The third-order valence-corrected chi connectivity index (χ3v) is 0.333. The molecule has 6 heavy (non-hydrogen) atoms. The smallest absolute Gasteiger partial charge is 0.124 e. The number of nitrogens with two attached hydrogens (primary N) is 2. The number of rotatable bonds is 1. The predicted molar refractivity (Wildman–Crippen MR) is 24.0 cm³/mol. The van der Waals surface area contributed by atoms with Crippen molar-refractivity contribution in [2.24, 2.45) is 11.5 Å². The van der Waals surface area contributed by atoms with Crippen molar-refractivity contribution in [2.75, 3.05) is 0 Å². The van der Waals surface area contributed by atoms with Gasteiger partial charge < -0.3 is 11.5 Å². The average Bonchev–Trinajstić information content (AvgIpc) is 1.36. The summed E-state index contributed by atoms with van der Waals surface area (Å²) < 4.78 is 0. The van der Waals surface area contributed by atoms with Gasteiger partial charge in [0.1, 0.15) is 5.70 Å². The van der Waals surface area contributed by atoms with Gasteiger partial charge in [0.05, 0.1) is 0 Å². The maximum atomic E-state index is 4.84. The molecule has 32 valence electrons. The van der Waals surface area contributed by atoms with Gasteiger partial charge in [0.15, 0.2) is 0 Å². The summed E-state index contributed by atoms with van der Waals surface area (Å²) in [6, 6.07) is 0. The Kier molecular flexibility index (Phi) is 1.19. The van der Waals surface area contributed by atoms with Crippen LogP contribution < -0.4 is 11.5 Å². The standard InChI is InChI=1S/C4H6N2/c1-3(5)4(2)6/h1-2H,5-6H2. The lowest BCUT2D eigenvalue weighted by atomic mass is 10.4. The highest BCUT2D eigenvalue weighted by molar-refractivity contribution is 5.13. The molecule has 0 spiro atoms. The van der Waals surface area contributed by atoms with Crippen molar-refractivity contribution in [2.45, 2.75) is 0 Å². The van der Waals surface area contributed by atoms with Crippen LogP contribution in [-0.2, 0) is 0 Å². The topological polar surface area (TPSA) is 52.0 Å². The van der Waals surface area contributed by atoms with Crippen molar-refractivity contribution in [3.05, 3.63) is 24.6 Å². The van der Waals surface area contributed by atoms with Gasteiger partial charge in [-0.1, -0.05) is 0 Å². The van der Waals surface area contributed by atoms with E-state index in [1.54, 1.807) is 0 Å². The monoisotopic (exact) mass is 82.1 g/mol. The van der Waals surface area contributed by atoms with Gasteiger partial charge in [-0.2, -0.15) is 6.58 Å². The van der Waals surface area contributed by atoms with Gasteiger partial charge >= 0.3 is 0 Å². The first kappa shape index (κ1) is 4.99. The molecule has 0 unspecified atom stereocenters. The van der Waals surface area contributed by atoms with Gasteiger partial charge in [0.2, 0.25) is 0 Å². The van der Waals surface area contributed by atoms with Crippen molar-refractivity contribution in [3.63, 3.8) is 0 Å². The predicted octanol–water partition coefficient (Wildman–Crippen LogP) is -0.462. The normalized spacial score (nSPS) is 7.17. The molecule has 2 heteroatoms. The lowest BCUT2D eigenvalue weighted by molar-refractivity contribution is 1.26. The summed E-state index contributed by atoms with van der Waals surface area (Å²) in [4.78, 5) is 0. The van der Waals surface area contributed by atoms with E-state index in [1.165, 1.54) is 0 Å². The molecule has 0 aromatic carbocycles. The van der Waals surface area contributed by atoms with E-state index in [2.05, 4.69) is 0 Å². The molecular weight excluding hydrogens is 76.1 g/mol. The van der Waals surface area contributed by atoms with Gasteiger partial charge in [-0.15, -0.1) is 0 Å². The Hall–Kier alpha value is -1.01. The summed E-state index contributed by atoms with van der Waals surface area (Å²) >= 11 is 0. The molecule has 0 saturated carbocycles. The fraction of sp³-hybridized carbons (Fsp3) is 0. The zero-order chi connectivity index (χ0) is 5.15. The molecule has 0 aromatic heterocycles. The minimum atomic E-state index is -0.0185. The molecule has 0 saturated heterocycles. The maximum absolute atomic E-state index is 4.84. The van der Waals surface area contributed by atoms with Crippen LogP contribution in [0.4, 0.5) is 0 Å². The highest BCUT2D eigenvalue weighted by Gasteiger charge is 1.80. The lowest BCUT2D eigenvalue weighted by Gasteiger charge is -1.88. The first-order valence-electron chi connectivity index (χ1n) is 1.40. The third kappa shape index (κ3) is 1.32. The van der Waals surface area contributed by atoms with Crippen LogP contribution in [0.25, 0.3) is 0 Å². The lowest BCUT2D eigenvalue weighted by Crippen LogP contribution is -2.05. The van der Waals surface area contributed by atoms with E-state index in [4.69, 9.17) is 24.6 Å². The molecule has 4 N–H and O–H groups in total. The van der Waals surface area contributed by atoms with Crippen molar-refractivity contribution in [1.82, 2.24) is 0 Å². The first-order valence-corrected chi connectivity index (χ1v) is 1.40. The molecule has 0 radical (unpaired) electrons. The van der Waals surface area contributed by atoms with Crippen LogP contribution in [0.15, 0.2) is 11.4 Å². The van der Waals surface area contributed by atoms with E-state index in [1.807, 2.05) is 0 Å². The van der Waals surface area contributed by atoms with Gasteiger partial charge in [-0.05, 0) is 6.58 Å². The minimum Gasteiger partial charge on any atom is -0.433 e. The Bertz CT molecular complexity index is 71.5. The molecule has 0 aliphatic carbocycles. The van der Waals surface area contributed by atoms with E-state index in [-0.39, 0.29) is 11.4 Å². The van der Waals surface area contributed by atoms with E-state index in [0.29, 0.717) is 0 Å².